The second kappa shape index (κ2) is 7.07. The molecule has 0 aliphatic carbocycles. The number of aryl methyl sites for hydroxylation is 1. The molecule has 0 aliphatic rings. The lowest BCUT2D eigenvalue weighted by Crippen LogP contribution is -2.31. The van der Waals surface area contributed by atoms with Crippen molar-refractivity contribution in [1.29, 1.82) is 0 Å². The fourth-order valence-corrected chi connectivity index (χ4v) is 2.21. The van der Waals surface area contributed by atoms with E-state index in [1.165, 1.54) is 11.3 Å². The molecule has 102 valence electrons. The van der Waals surface area contributed by atoms with E-state index in [4.69, 9.17) is 5.73 Å². The smallest absolute Gasteiger partial charge is 0.0492 e. The highest BCUT2D eigenvalue weighted by atomic mass is 15.3. The number of aromatic nitrogens is 2. The van der Waals surface area contributed by atoms with Crippen LogP contribution < -0.4 is 5.73 Å². The Morgan fingerprint density at radius 1 is 1.16 bits per heavy atom. The van der Waals surface area contributed by atoms with Gasteiger partial charge in [0, 0.05) is 51.5 Å². The Labute approximate surface area is 114 Å². The zero-order valence-electron chi connectivity index (χ0n) is 11.5. The van der Waals surface area contributed by atoms with E-state index < -0.39 is 0 Å². The van der Waals surface area contributed by atoms with Crippen LogP contribution in [0.5, 0.6) is 0 Å². The van der Waals surface area contributed by atoms with Gasteiger partial charge in [-0.3, -0.25) is 9.58 Å². The van der Waals surface area contributed by atoms with Crippen LogP contribution in [0.4, 0.5) is 0 Å². The maximum Gasteiger partial charge on any atom is 0.0492 e. The molecule has 0 bridgehead atoms. The average Bonchev–Trinajstić information content (AvgIpc) is 2.83. The Kier molecular flexibility index (Phi) is 5.12. The molecule has 1 aromatic heterocycles. The molecule has 2 rings (SSSR count). The predicted molar refractivity (Wildman–Crippen MR) is 77.7 cm³/mol. The van der Waals surface area contributed by atoms with E-state index in [1.54, 1.807) is 0 Å². The summed E-state index contributed by atoms with van der Waals surface area (Å²) in [6.45, 7) is 3.58. The van der Waals surface area contributed by atoms with Gasteiger partial charge in [0.15, 0.2) is 0 Å². The lowest BCUT2D eigenvalue weighted by Gasteiger charge is -2.21. The highest BCUT2D eigenvalue weighted by Crippen LogP contribution is 2.06. The Balaban J connectivity index is 1.91. The molecule has 0 unspecified atom stereocenters. The van der Waals surface area contributed by atoms with E-state index >= 15 is 0 Å². The normalized spacial score (nSPS) is 11.1. The largest absolute Gasteiger partial charge is 0.329 e. The van der Waals surface area contributed by atoms with Crippen molar-refractivity contribution in [1.82, 2.24) is 14.7 Å². The minimum atomic E-state index is 0.693. The molecule has 0 radical (unpaired) electrons. The number of hydrogen-bond acceptors (Lipinski definition) is 3. The summed E-state index contributed by atoms with van der Waals surface area (Å²) in [6.07, 6.45) is 2.85. The van der Waals surface area contributed by atoms with Gasteiger partial charge in [0.25, 0.3) is 0 Å². The van der Waals surface area contributed by atoms with Crippen molar-refractivity contribution in [3.63, 3.8) is 0 Å². The van der Waals surface area contributed by atoms with Gasteiger partial charge >= 0.3 is 0 Å². The van der Waals surface area contributed by atoms with E-state index in [2.05, 4.69) is 40.3 Å². The molecule has 4 heteroatoms. The first kappa shape index (κ1) is 13.8. The molecule has 0 fully saturated rings. The summed E-state index contributed by atoms with van der Waals surface area (Å²) < 4.78 is 1.93. The van der Waals surface area contributed by atoms with Gasteiger partial charge in [0.2, 0.25) is 0 Å². The first-order valence-electron chi connectivity index (χ1n) is 6.73. The number of rotatable bonds is 7. The number of nitrogens with zero attached hydrogens (tertiary/aromatic N) is 3. The van der Waals surface area contributed by atoms with Crippen LogP contribution in [0.1, 0.15) is 11.3 Å². The minimum absolute atomic E-state index is 0.693. The van der Waals surface area contributed by atoms with Crippen molar-refractivity contribution in [2.45, 2.75) is 13.0 Å². The zero-order valence-corrected chi connectivity index (χ0v) is 11.5. The zero-order chi connectivity index (χ0) is 13.5. The summed E-state index contributed by atoms with van der Waals surface area (Å²) in [5.41, 5.74) is 8.30. The Hall–Kier alpha value is -1.65. The summed E-state index contributed by atoms with van der Waals surface area (Å²) in [5.74, 6) is 0. The van der Waals surface area contributed by atoms with Crippen molar-refractivity contribution in [2.75, 3.05) is 19.6 Å². The van der Waals surface area contributed by atoms with Gasteiger partial charge in [-0.1, -0.05) is 30.3 Å². The second-order valence-electron chi connectivity index (χ2n) is 4.75. The second-order valence-corrected chi connectivity index (χ2v) is 4.75. The van der Waals surface area contributed by atoms with Crippen molar-refractivity contribution in [2.24, 2.45) is 12.8 Å². The average molecular weight is 258 g/mol. The molecule has 0 amide bonds. The monoisotopic (exact) mass is 258 g/mol. The Morgan fingerprint density at radius 3 is 2.58 bits per heavy atom. The van der Waals surface area contributed by atoms with Crippen LogP contribution in [0.25, 0.3) is 0 Å². The third-order valence-corrected chi connectivity index (χ3v) is 3.30. The van der Waals surface area contributed by atoms with Crippen LogP contribution in [-0.4, -0.2) is 34.3 Å². The lowest BCUT2D eigenvalue weighted by atomic mass is 10.2. The van der Waals surface area contributed by atoms with E-state index in [9.17, 15) is 0 Å². The molecule has 0 spiro atoms. The van der Waals surface area contributed by atoms with Crippen LogP contribution in [0.2, 0.25) is 0 Å². The number of hydrogen-bond donors (Lipinski definition) is 1. The Bertz CT molecular complexity index is 478. The Morgan fingerprint density at radius 2 is 1.95 bits per heavy atom. The van der Waals surface area contributed by atoms with Crippen LogP contribution in [0, 0.1) is 0 Å². The van der Waals surface area contributed by atoms with E-state index in [0.29, 0.717) is 6.54 Å². The highest BCUT2D eigenvalue weighted by molar-refractivity contribution is 5.14. The summed E-state index contributed by atoms with van der Waals surface area (Å²) in [4.78, 5) is 2.39. The molecule has 4 nitrogen and oxygen atoms in total. The molecule has 2 aromatic rings. The lowest BCUT2D eigenvalue weighted by molar-refractivity contribution is 0.274. The third-order valence-electron chi connectivity index (χ3n) is 3.30. The van der Waals surface area contributed by atoms with Gasteiger partial charge in [-0.15, -0.1) is 0 Å². The maximum absolute atomic E-state index is 5.70. The van der Waals surface area contributed by atoms with Gasteiger partial charge in [-0.25, -0.2) is 0 Å². The van der Waals surface area contributed by atoms with Crippen LogP contribution in [0.15, 0.2) is 42.6 Å². The van der Waals surface area contributed by atoms with Crippen LogP contribution in [-0.2, 0) is 20.0 Å². The van der Waals surface area contributed by atoms with Crippen molar-refractivity contribution in [3.05, 3.63) is 53.9 Å². The van der Waals surface area contributed by atoms with E-state index in [0.717, 1.165) is 26.1 Å². The molecule has 0 saturated heterocycles. The maximum atomic E-state index is 5.70. The highest BCUT2D eigenvalue weighted by Gasteiger charge is 2.07. The fourth-order valence-electron chi connectivity index (χ4n) is 2.21. The van der Waals surface area contributed by atoms with Gasteiger partial charge in [-0.05, 0) is 11.6 Å². The molecule has 0 aliphatic heterocycles. The quantitative estimate of drug-likeness (QED) is 0.817. The van der Waals surface area contributed by atoms with Crippen molar-refractivity contribution in [3.8, 4) is 0 Å². The molecule has 1 heterocycles. The van der Waals surface area contributed by atoms with Gasteiger partial charge < -0.3 is 5.73 Å². The molecular weight excluding hydrogens is 236 g/mol. The topological polar surface area (TPSA) is 47.1 Å². The molecule has 1 aromatic carbocycles. The third kappa shape index (κ3) is 4.19. The first-order chi connectivity index (χ1) is 9.29. The number of benzene rings is 1. The van der Waals surface area contributed by atoms with Gasteiger partial charge in [0.1, 0.15) is 0 Å². The standard InChI is InChI=1S/C15H22N4/c1-18-15(7-10-17-18)8-11-19(12-9-16)13-14-5-3-2-4-6-14/h2-7,10H,8-9,11-13,16H2,1H3. The van der Waals surface area contributed by atoms with Crippen molar-refractivity contribution < 1.29 is 0 Å². The molecule has 2 N–H and O–H groups in total. The minimum Gasteiger partial charge on any atom is -0.329 e. The summed E-state index contributed by atoms with van der Waals surface area (Å²) in [7, 11) is 1.99. The van der Waals surface area contributed by atoms with Crippen molar-refractivity contribution >= 4 is 0 Å². The molecule has 19 heavy (non-hydrogen) atoms. The summed E-state index contributed by atoms with van der Waals surface area (Å²) >= 11 is 0. The number of nitrogens with two attached hydrogens (primary N) is 1. The van der Waals surface area contributed by atoms with E-state index in [-0.39, 0.29) is 0 Å². The van der Waals surface area contributed by atoms with E-state index in [1.807, 2.05) is 24.0 Å². The fraction of sp³-hybridized carbons (Fsp3) is 0.400. The molecule has 0 saturated carbocycles. The van der Waals surface area contributed by atoms with Crippen LogP contribution >= 0.6 is 0 Å². The molecular formula is C15H22N4. The summed E-state index contributed by atoms with van der Waals surface area (Å²) in [6, 6.07) is 12.6. The van der Waals surface area contributed by atoms with Crippen LogP contribution in [0.3, 0.4) is 0 Å². The first-order valence-corrected chi connectivity index (χ1v) is 6.73. The summed E-state index contributed by atoms with van der Waals surface area (Å²) in [5, 5.41) is 4.20. The van der Waals surface area contributed by atoms with Gasteiger partial charge in [0.05, 0.1) is 0 Å². The predicted octanol–water partition coefficient (Wildman–Crippen LogP) is 1.42. The molecule has 0 atom stereocenters. The SMILES string of the molecule is Cn1nccc1CCN(CCN)Cc1ccccc1. The van der Waals surface area contributed by atoms with Gasteiger partial charge in [-0.2, -0.15) is 5.10 Å².